The predicted molar refractivity (Wildman–Crippen MR) is 138 cm³/mol. The first-order valence-corrected chi connectivity index (χ1v) is 14.0. The van der Waals surface area contributed by atoms with Crippen molar-refractivity contribution >= 4 is 27.5 Å². The van der Waals surface area contributed by atoms with Crippen LogP contribution in [-0.4, -0.2) is 56.8 Å². The minimum atomic E-state index is -3.87. The first kappa shape index (κ1) is 28.2. The number of carbonyl (C=O) groups excluding carboxylic acids is 2. The number of anilines is 1. The van der Waals surface area contributed by atoms with Gasteiger partial charge in [-0.3, -0.25) is 13.9 Å². The summed E-state index contributed by atoms with van der Waals surface area (Å²) in [6.07, 6.45) is 2.00. The van der Waals surface area contributed by atoms with E-state index < -0.39 is 34.3 Å². The summed E-state index contributed by atoms with van der Waals surface area (Å²) in [6, 6.07) is 9.45. The van der Waals surface area contributed by atoms with Gasteiger partial charge in [-0.25, -0.2) is 12.8 Å². The second kappa shape index (κ2) is 12.8. The molecule has 0 aliphatic carbocycles. The molecule has 9 nitrogen and oxygen atoms in total. The highest BCUT2D eigenvalue weighted by molar-refractivity contribution is 7.92. The van der Waals surface area contributed by atoms with Gasteiger partial charge in [-0.05, 0) is 49.6 Å². The molecular formula is C26H34FN3O6S. The maximum atomic E-state index is 13.7. The highest BCUT2D eigenvalue weighted by Crippen LogP contribution is 2.36. The summed E-state index contributed by atoms with van der Waals surface area (Å²) < 4.78 is 51.4. The fourth-order valence-electron chi connectivity index (χ4n) is 3.97. The van der Waals surface area contributed by atoms with Gasteiger partial charge in [0.15, 0.2) is 11.5 Å². The Morgan fingerprint density at radius 2 is 1.76 bits per heavy atom. The van der Waals surface area contributed by atoms with Crippen molar-refractivity contribution in [3.8, 4) is 11.5 Å². The summed E-state index contributed by atoms with van der Waals surface area (Å²) in [6.45, 7) is 5.27. The van der Waals surface area contributed by atoms with E-state index in [9.17, 15) is 22.4 Å². The van der Waals surface area contributed by atoms with Crippen molar-refractivity contribution < 1.29 is 31.9 Å². The van der Waals surface area contributed by atoms with Crippen molar-refractivity contribution in [3.05, 3.63) is 53.8 Å². The zero-order chi connectivity index (χ0) is 27.0. The standard InChI is InChI=1S/C26H34FN3O6S/c1-4-7-14-28-26(32)22(5-2)29(16-19-8-10-20(27)11-9-19)25(31)17-30(37(33,34)6-3)21-12-13-23-24(15-21)36-18-35-23/h8-13,15,22H,4-7,14,16-18H2,1-3H3,(H,28,32)/t22-/m1/s1. The number of carbonyl (C=O) groups is 2. The van der Waals surface area contributed by atoms with E-state index in [0.717, 1.165) is 17.1 Å². The monoisotopic (exact) mass is 535 g/mol. The summed E-state index contributed by atoms with van der Waals surface area (Å²) in [4.78, 5) is 28.1. The molecule has 202 valence electrons. The number of unbranched alkanes of at least 4 members (excludes halogenated alkanes) is 1. The molecule has 0 unspecified atom stereocenters. The number of hydrogen-bond acceptors (Lipinski definition) is 6. The molecule has 3 rings (SSSR count). The summed E-state index contributed by atoms with van der Waals surface area (Å²) in [5, 5.41) is 2.86. The number of sulfonamides is 1. The largest absolute Gasteiger partial charge is 0.454 e. The molecule has 37 heavy (non-hydrogen) atoms. The topological polar surface area (TPSA) is 105 Å². The summed E-state index contributed by atoms with van der Waals surface area (Å²) in [7, 11) is -3.87. The third-order valence-corrected chi connectivity index (χ3v) is 7.85. The van der Waals surface area contributed by atoms with Crippen LogP contribution in [0, 0.1) is 5.82 Å². The molecule has 1 aliphatic rings. The predicted octanol–water partition coefficient (Wildman–Crippen LogP) is 3.43. The van der Waals surface area contributed by atoms with Gasteiger partial charge >= 0.3 is 0 Å². The van der Waals surface area contributed by atoms with Gasteiger partial charge in [0.2, 0.25) is 28.6 Å². The quantitative estimate of drug-likeness (QED) is 0.394. The van der Waals surface area contributed by atoms with Crippen LogP contribution in [0.15, 0.2) is 42.5 Å². The Morgan fingerprint density at radius 1 is 1.05 bits per heavy atom. The molecule has 0 spiro atoms. The SMILES string of the molecule is CCCCNC(=O)[C@@H](CC)N(Cc1ccc(F)cc1)C(=O)CN(c1ccc2c(c1)OCO2)S(=O)(=O)CC. The van der Waals surface area contributed by atoms with Crippen molar-refractivity contribution in [3.63, 3.8) is 0 Å². The molecule has 0 aromatic heterocycles. The molecule has 1 atom stereocenters. The Bertz CT molecular complexity index is 1190. The summed E-state index contributed by atoms with van der Waals surface area (Å²) in [5.74, 6) is -0.672. The minimum absolute atomic E-state index is 0.0139. The Morgan fingerprint density at radius 3 is 2.41 bits per heavy atom. The van der Waals surface area contributed by atoms with Crippen LogP contribution in [0.1, 0.15) is 45.6 Å². The number of nitrogens with zero attached hydrogens (tertiary/aromatic N) is 2. The number of ether oxygens (including phenoxy) is 2. The molecule has 11 heteroatoms. The lowest BCUT2D eigenvalue weighted by atomic mass is 10.1. The van der Waals surface area contributed by atoms with Crippen LogP contribution >= 0.6 is 0 Å². The molecule has 0 saturated carbocycles. The molecule has 0 fully saturated rings. The fraction of sp³-hybridized carbons (Fsp3) is 0.462. The van der Waals surface area contributed by atoms with E-state index in [2.05, 4.69) is 5.32 Å². The number of fused-ring (bicyclic) bond motifs is 1. The van der Waals surface area contributed by atoms with Gasteiger partial charge in [0, 0.05) is 19.2 Å². The van der Waals surface area contributed by atoms with Crippen LogP contribution in [0.4, 0.5) is 10.1 Å². The van der Waals surface area contributed by atoms with E-state index in [1.165, 1.54) is 42.2 Å². The maximum absolute atomic E-state index is 13.7. The Hall–Kier alpha value is -3.34. The Kier molecular flexibility index (Phi) is 9.73. The highest BCUT2D eigenvalue weighted by atomic mass is 32.2. The minimum Gasteiger partial charge on any atom is -0.454 e. The molecule has 0 bridgehead atoms. The van der Waals surface area contributed by atoms with Gasteiger partial charge in [-0.2, -0.15) is 0 Å². The van der Waals surface area contributed by atoms with Gasteiger partial charge < -0.3 is 19.7 Å². The van der Waals surface area contributed by atoms with E-state index in [1.807, 2.05) is 6.92 Å². The van der Waals surface area contributed by atoms with E-state index in [0.29, 0.717) is 30.0 Å². The lowest BCUT2D eigenvalue weighted by molar-refractivity contribution is -0.140. The normalized spacial score (nSPS) is 13.2. The first-order chi connectivity index (χ1) is 17.7. The molecule has 0 saturated heterocycles. The molecule has 2 amide bonds. The van der Waals surface area contributed by atoms with E-state index in [1.54, 1.807) is 19.1 Å². The number of benzene rings is 2. The number of hydrogen-bond donors (Lipinski definition) is 1. The van der Waals surface area contributed by atoms with Gasteiger partial charge in [0.05, 0.1) is 11.4 Å². The number of amides is 2. The summed E-state index contributed by atoms with van der Waals surface area (Å²) >= 11 is 0. The van der Waals surface area contributed by atoms with Crippen LogP contribution in [-0.2, 0) is 26.2 Å². The third kappa shape index (κ3) is 7.12. The van der Waals surface area contributed by atoms with Gasteiger partial charge in [-0.15, -0.1) is 0 Å². The van der Waals surface area contributed by atoms with Crippen molar-refractivity contribution in [2.45, 2.75) is 52.6 Å². The number of rotatable bonds is 13. The average Bonchev–Trinajstić information content (AvgIpc) is 3.36. The fourth-order valence-corrected chi connectivity index (χ4v) is 5.03. The molecule has 1 heterocycles. The van der Waals surface area contributed by atoms with Crippen LogP contribution < -0.4 is 19.1 Å². The lowest BCUT2D eigenvalue weighted by Crippen LogP contribution is -2.52. The van der Waals surface area contributed by atoms with Crippen molar-refractivity contribution in [2.75, 3.05) is 29.9 Å². The van der Waals surface area contributed by atoms with Gasteiger partial charge in [-0.1, -0.05) is 32.4 Å². The van der Waals surface area contributed by atoms with Crippen LogP contribution in [0.3, 0.4) is 0 Å². The summed E-state index contributed by atoms with van der Waals surface area (Å²) in [5.41, 5.74) is 0.865. The van der Waals surface area contributed by atoms with Crippen LogP contribution in [0.5, 0.6) is 11.5 Å². The molecule has 0 radical (unpaired) electrons. The van der Waals surface area contributed by atoms with E-state index in [4.69, 9.17) is 9.47 Å². The second-order valence-electron chi connectivity index (χ2n) is 8.66. The third-order valence-electron chi connectivity index (χ3n) is 6.11. The molecule has 2 aromatic rings. The van der Waals surface area contributed by atoms with E-state index in [-0.39, 0.29) is 30.7 Å². The van der Waals surface area contributed by atoms with Gasteiger partial charge in [0.1, 0.15) is 18.4 Å². The zero-order valence-electron chi connectivity index (χ0n) is 21.4. The number of halogens is 1. The zero-order valence-corrected chi connectivity index (χ0v) is 22.2. The molecule has 1 N–H and O–H groups in total. The molecule has 2 aromatic carbocycles. The molecule has 1 aliphatic heterocycles. The first-order valence-electron chi connectivity index (χ1n) is 12.4. The van der Waals surface area contributed by atoms with E-state index >= 15 is 0 Å². The molecular weight excluding hydrogens is 501 g/mol. The lowest BCUT2D eigenvalue weighted by Gasteiger charge is -2.33. The van der Waals surface area contributed by atoms with Crippen LogP contribution in [0.25, 0.3) is 0 Å². The van der Waals surface area contributed by atoms with Crippen molar-refractivity contribution in [1.29, 1.82) is 0 Å². The smallest absolute Gasteiger partial charge is 0.244 e. The highest BCUT2D eigenvalue weighted by Gasteiger charge is 2.33. The average molecular weight is 536 g/mol. The van der Waals surface area contributed by atoms with Gasteiger partial charge in [0.25, 0.3) is 0 Å². The second-order valence-corrected chi connectivity index (χ2v) is 10.8. The van der Waals surface area contributed by atoms with Crippen molar-refractivity contribution in [2.24, 2.45) is 0 Å². The van der Waals surface area contributed by atoms with Crippen molar-refractivity contribution in [1.82, 2.24) is 10.2 Å². The van der Waals surface area contributed by atoms with Crippen LogP contribution in [0.2, 0.25) is 0 Å². The Labute approximate surface area is 217 Å². The maximum Gasteiger partial charge on any atom is 0.244 e. The Balaban J connectivity index is 1.94. The number of nitrogens with one attached hydrogen (secondary N) is 1.